The molecule has 0 aliphatic rings. The lowest BCUT2D eigenvalue weighted by atomic mass is 10.1. The van der Waals surface area contributed by atoms with Gasteiger partial charge in [0, 0.05) is 13.1 Å². The number of methoxy groups -OCH3 is 1. The van der Waals surface area contributed by atoms with Crippen molar-refractivity contribution in [1.29, 1.82) is 5.26 Å². The van der Waals surface area contributed by atoms with Gasteiger partial charge in [0.2, 0.25) is 0 Å². The smallest absolute Gasteiger partial charge is 0.124 e. The van der Waals surface area contributed by atoms with Gasteiger partial charge < -0.3 is 9.47 Å². The van der Waals surface area contributed by atoms with Crippen LogP contribution in [-0.4, -0.2) is 32.2 Å². The van der Waals surface area contributed by atoms with Crippen molar-refractivity contribution in [1.82, 2.24) is 4.90 Å². The highest BCUT2D eigenvalue weighted by atomic mass is 16.5. The van der Waals surface area contributed by atoms with Crippen molar-refractivity contribution in [2.24, 2.45) is 0 Å². The largest absolute Gasteiger partial charge is 0.496 e. The summed E-state index contributed by atoms with van der Waals surface area (Å²) in [6.07, 6.45) is 0. The van der Waals surface area contributed by atoms with Crippen LogP contribution in [-0.2, 0) is 6.54 Å². The number of rotatable bonds is 7. The minimum atomic E-state index is 0.608. The first-order valence-electron chi connectivity index (χ1n) is 7.99. The second-order valence-corrected chi connectivity index (χ2v) is 5.99. The molecule has 0 aliphatic carbocycles. The minimum absolute atomic E-state index is 0.608. The van der Waals surface area contributed by atoms with Crippen molar-refractivity contribution in [2.75, 3.05) is 27.3 Å². The van der Waals surface area contributed by atoms with E-state index < -0.39 is 0 Å². The molecule has 0 aromatic heterocycles. The van der Waals surface area contributed by atoms with E-state index in [2.05, 4.69) is 44.0 Å². The molecule has 0 saturated carbocycles. The average Bonchev–Trinajstić information content (AvgIpc) is 2.55. The normalized spacial score (nSPS) is 10.5. The fraction of sp³-hybridized carbons (Fsp3) is 0.350. The summed E-state index contributed by atoms with van der Waals surface area (Å²) in [6, 6.07) is 13.6. The van der Waals surface area contributed by atoms with Crippen LogP contribution in [0.5, 0.6) is 11.5 Å². The number of likely N-dealkylation sites (N-methyl/N-ethyl adjacent to an activating group) is 1. The maximum absolute atomic E-state index is 8.78. The summed E-state index contributed by atoms with van der Waals surface area (Å²) < 4.78 is 11.1. The molecule has 0 unspecified atom stereocenters. The molecule has 0 fully saturated rings. The van der Waals surface area contributed by atoms with Gasteiger partial charge in [0.15, 0.2) is 0 Å². The lowest BCUT2D eigenvalue weighted by Crippen LogP contribution is -2.24. The molecule has 0 atom stereocenters. The molecule has 0 amide bonds. The summed E-state index contributed by atoms with van der Waals surface area (Å²) in [7, 11) is 3.79. The Hall–Kier alpha value is -2.51. The van der Waals surface area contributed by atoms with Crippen LogP contribution in [0.15, 0.2) is 36.4 Å². The highest BCUT2D eigenvalue weighted by Crippen LogP contribution is 2.24. The Balaban J connectivity index is 1.85. The first kappa shape index (κ1) is 17.8. The number of nitriles is 1. The maximum Gasteiger partial charge on any atom is 0.124 e. The van der Waals surface area contributed by atoms with Gasteiger partial charge in [-0.1, -0.05) is 12.1 Å². The van der Waals surface area contributed by atoms with Gasteiger partial charge in [-0.2, -0.15) is 5.26 Å². The third kappa shape index (κ3) is 4.74. The Morgan fingerprint density at radius 3 is 2.25 bits per heavy atom. The van der Waals surface area contributed by atoms with Gasteiger partial charge in [0.25, 0.3) is 0 Å². The summed E-state index contributed by atoms with van der Waals surface area (Å²) in [5.74, 6) is 1.75. The zero-order valence-electron chi connectivity index (χ0n) is 14.8. The second kappa shape index (κ2) is 8.37. The molecular weight excluding hydrogens is 300 g/mol. The van der Waals surface area contributed by atoms with E-state index in [4.69, 9.17) is 14.7 Å². The zero-order chi connectivity index (χ0) is 17.5. The van der Waals surface area contributed by atoms with Gasteiger partial charge in [0.05, 0.1) is 18.7 Å². The van der Waals surface area contributed by atoms with E-state index in [-0.39, 0.29) is 0 Å². The molecule has 2 rings (SSSR count). The number of hydrogen-bond donors (Lipinski definition) is 0. The van der Waals surface area contributed by atoms with Crippen LogP contribution in [0.25, 0.3) is 0 Å². The van der Waals surface area contributed by atoms with E-state index >= 15 is 0 Å². The lowest BCUT2D eigenvalue weighted by molar-refractivity contribution is 0.233. The predicted octanol–water partition coefficient (Wildman–Crippen LogP) is 3.69. The molecule has 0 bridgehead atoms. The van der Waals surface area contributed by atoms with Crippen LogP contribution >= 0.6 is 0 Å². The summed E-state index contributed by atoms with van der Waals surface area (Å²) in [5, 5.41) is 8.78. The predicted molar refractivity (Wildman–Crippen MR) is 95.5 cm³/mol. The Bertz CT molecular complexity index is 694. The molecule has 0 heterocycles. The summed E-state index contributed by atoms with van der Waals surface area (Å²) in [5.41, 5.74) is 4.24. The average molecular weight is 324 g/mol. The minimum Gasteiger partial charge on any atom is -0.496 e. The van der Waals surface area contributed by atoms with Crippen molar-refractivity contribution >= 4 is 0 Å². The quantitative estimate of drug-likeness (QED) is 0.779. The number of aryl methyl sites for hydroxylation is 2. The number of ether oxygens (including phenoxy) is 2. The zero-order valence-corrected chi connectivity index (χ0v) is 14.8. The Labute approximate surface area is 144 Å². The summed E-state index contributed by atoms with van der Waals surface area (Å²) in [4.78, 5) is 2.23. The molecule has 4 heteroatoms. The van der Waals surface area contributed by atoms with Crippen molar-refractivity contribution in [2.45, 2.75) is 20.4 Å². The Morgan fingerprint density at radius 1 is 1.08 bits per heavy atom. The Kier molecular flexibility index (Phi) is 6.22. The number of benzene rings is 2. The topological polar surface area (TPSA) is 45.5 Å². The second-order valence-electron chi connectivity index (χ2n) is 5.99. The van der Waals surface area contributed by atoms with Crippen LogP contribution in [0.1, 0.15) is 22.3 Å². The van der Waals surface area contributed by atoms with Gasteiger partial charge in [-0.25, -0.2) is 0 Å². The highest BCUT2D eigenvalue weighted by Gasteiger charge is 2.07. The van der Waals surface area contributed by atoms with Gasteiger partial charge in [-0.05, 0) is 61.9 Å². The monoisotopic (exact) mass is 324 g/mol. The number of nitrogens with zero attached hydrogens (tertiary/aromatic N) is 2. The van der Waals surface area contributed by atoms with E-state index in [1.165, 1.54) is 5.56 Å². The van der Waals surface area contributed by atoms with Crippen molar-refractivity contribution in [3.63, 3.8) is 0 Å². The van der Waals surface area contributed by atoms with E-state index in [9.17, 15) is 0 Å². The molecule has 0 N–H and O–H groups in total. The van der Waals surface area contributed by atoms with Crippen LogP contribution in [0.2, 0.25) is 0 Å². The van der Waals surface area contributed by atoms with Crippen molar-refractivity contribution in [3.05, 3.63) is 58.7 Å². The molecular formula is C20H24N2O2. The summed E-state index contributed by atoms with van der Waals surface area (Å²) >= 11 is 0. The molecule has 4 nitrogen and oxygen atoms in total. The van der Waals surface area contributed by atoms with E-state index in [0.29, 0.717) is 12.2 Å². The van der Waals surface area contributed by atoms with Gasteiger partial charge in [-0.15, -0.1) is 0 Å². The fourth-order valence-electron chi connectivity index (χ4n) is 2.79. The van der Waals surface area contributed by atoms with Crippen LogP contribution < -0.4 is 9.47 Å². The molecule has 0 radical (unpaired) electrons. The molecule has 24 heavy (non-hydrogen) atoms. The van der Waals surface area contributed by atoms with E-state index in [0.717, 1.165) is 35.7 Å². The maximum atomic E-state index is 8.78. The molecule has 2 aromatic rings. The Morgan fingerprint density at radius 2 is 1.71 bits per heavy atom. The molecule has 0 spiro atoms. The van der Waals surface area contributed by atoms with Crippen LogP contribution in [0.4, 0.5) is 0 Å². The molecule has 0 saturated heterocycles. The SMILES string of the molecule is COc1c(C)cc(CN(C)CCOc2ccc(C#N)cc2)cc1C. The van der Waals surface area contributed by atoms with Crippen molar-refractivity contribution < 1.29 is 9.47 Å². The third-order valence-electron chi connectivity index (χ3n) is 3.90. The number of hydrogen-bond acceptors (Lipinski definition) is 4. The first-order chi connectivity index (χ1) is 11.5. The third-order valence-corrected chi connectivity index (χ3v) is 3.90. The molecule has 2 aromatic carbocycles. The van der Waals surface area contributed by atoms with Crippen LogP contribution in [0.3, 0.4) is 0 Å². The fourth-order valence-corrected chi connectivity index (χ4v) is 2.79. The standard InChI is InChI=1S/C20H24N2O2/c1-15-11-18(12-16(2)20(15)23-4)14-22(3)9-10-24-19-7-5-17(13-21)6-8-19/h5-8,11-12H,9-10,14H2,1-4H3. The molecule has 0 aliphatic heterocycles. The summed E-state index contributed by atoms with van der Waals surface area (Å²) in [6.45, 7) is 6.44. The van der Waals surface area contributed by atoms with Gasteiger partial charge in [0.1, 0.15) is 18.1 Å². The molecule has 126 valence electrons. The highest BCUT2D eigenvalue weighted by molar-refractivity contribution is 5.43. The van der Waals surface area contributed by atoms with Gasteiger partial charge >= 0.3 is 0 Å². The van der Waals surface area contributed by atoms with Crippen LogP contribution in [0, 0.1) is 25.2 Å². The lowest BCUT2D eigenvalue weighted by Gasteiger charge is -2.19. The van der Waals surface area contributed by atoms with Crippen molar-refractivity contribution in [3.8, 4) is 17.6 Å². The first-order valence-corrected chi connectivity index (χ1v) is 7.99. The van der Waals surface area contributed by atoms with E-state index in [1.807, 2.05) is 12.1 Å². The van der Waals surface area contributed by atoms with E-state index in [1.54, 1.807) is 19.2 Å². The van der Waals surface area contributed by atoms with Gasteiger partial charge in [-0.3, -0.25) is 4.90 Å².